The van der Waals surface area contributed by atoms with E-state index in [-0.39, 0.29) is 17.4 Å². The summed E-state index contributed by atoms with van der Waals surface area (Å²) in [5.74, 6) is 1.14. The molecule has 3 amide bonds. The van der Waals surface area contributed by atoms with Crippen molar-refractivity contribution >= 4 is 23.3 Å². The monoisotopic (exact) mass is 385 g/mol. The van der Waals surface area contributed by atoms with Crippen molar-refractivity contribution in [1.82, 2.24) is 5.32 Å². The van der Waals surface area contributed by atoms with Crippen LogP contribution in [-0.2, 0) is 10.2 Å². The first-order valence-corrected chi connectivity index (χ1v) is 8.90. The third kappa shape index (κ3) is 5.64. The highest BCUT2D eigenvalue weighted by molar-refractivity contribution is 5.92. The Balaban J connectivity index is 2.00. The molecule has 3 N–H and O–H groups in total. The average Bonchev–Trinajstić information content (AvgIpc) is 2.65. The Kier molecular flexibility index (Phi) is 6.87. The van der Waals surface area contributed by atoms with Gasteiger partial charge in [-0.1, -0.05) is 26.0 Å². The molecule has 150 valence electrons. The second kappa shape index (κ2) is 9.12. The van der Waals surface area contributed by atoms with Crippen LogP contribution >= 0.6 is 0 Å². The molecule has 0 fully saturated rings. The van der Waals surface area contributed by atoms with Gasteiger partial charge in [0.05, 0.1) is 14.2 Å². The van der Waals surface area contributed by atoms with Crippen LogP contribution in [-0.4, -0.2) is 32.7 Å². The van der Waals surface area contributed by atoms with Crippen LogP contribution in [0.3, 0.4) is 0 Å². The fourth-order valence-electron chi connectivity index (χ4n) is 2.71. The summed E-state index contributed by atoms with van der Waals surface area (Å²) in [6.45, 7) is 5.92. The second-order valence-electron chi connectivity index (χ2n) is 7.02. The fraction of sp³-hybridized carbons (Fsp3) is 0.333. The standard InChI is InChI=1S/C21H27N3O4/c1-14(25)23-16-7-6-8-17(12-16)24-20(26)22-13-21(2,3)15-9-10-18(27-4)19(11-15)28-5/h6-12H,13H2,1-5H3,(H,23,25)(H2,22,24,26). The molecule has 2 rings (SSSR count). The number of amides is 3. The number of hydrogen-bond donors (Lipinski definition) is 3. The smallest absolute Gasteiger partial charge is 0.319 e. The van der Waals surface area contributed by atoms with E-state index in [0.29, 0.717) is 29.4 Å². The number of nitrogens with one attached hydrogen (secondary N) is 3. The molecule has 0 spiro atoms. The minimum absolute atomic E-state index is 0.168. The number of benzene rings is 2. The summed E-state index contributed by atoms with van der Waals surface area (Å²) < 4.78 is 10.6. The van der Waals surface area contributed by atoms with Crippen LogP contribution in [0.15, 0.2) is 42.5 Å². The molecule has 2 aromatic rings. The Morgan fingerprint density at radius 2 is 1.57 bits per heavy atom. The van der Waals surface area contributed by atoms with E-state index >= 15 is 0 Å². The van der Waals surface area contributed by atoms with Crippen LogP contribution in [0.5, 0.6) is 11.5 Å². The lowest BCUT2D eigenvalue weighted by atomic mass is 9.84. The molecular formula is C21H27N3O4. The quantitative estimate of drug-likeness (QED) is 0.677. The minimum atomic E-state index is -0.325. The molecular weight excluding hydrogens is 358 g/mol. The van der Waals surface area contributed by atoms with Gasteiger partial charge in [-0.05, 0) is 35.9 Å². The molecule has 0 atom stereocenters. The number of carbonyl (C=O) groups is 2. The maximum atomic E-state index is 12.3. The third-order valence-corrected chi connectivity index (χ3v) is 4.30. The van der Waals surface area contributed by atoms with Crippen molar-refractivity contribution in [3.05, 3.63) is 48.0 Å². The van der Waals surface area contributed by atoms with Crippen molar-refractivity contribution in [3.63, 3.8) is 0 Å². The molecule has 0 aromatic heterocycles. The summed E-state index contributed by atoms with van der Waals surface area (Å²) in [5, 5.41) is 8.34. The van der Waals surface area contributed by atoms with Crippen LogP contribution in [0.4, 0.5) is 16.2 Å². The summed E-state index contributed by atoms with van der Waals surface area (Å²) in [6.07, 6.45) is 0. The van der Waals surface area contributed by atoms with Crippen molar-refractivity contribution in [1.29, 1.82) is 0 Å². The van der Waals surface area contributed by atoms with E-state index < -0.39 is 0 Å². The van der Waals surface area contributed by atoms with E-state index in [1.807, 2.05) is 32.0 Å². The summed E-state index contributed by atoms with van der Waals surface area (Å²) in [5.41, 5.74) is 1.90. The number of carbonyl (C=O) groups excluding carboxylic acids is 2. The van der Waals surface area contributed by atoms with Gasteiger partial charge in [-0.15, -0.1) is 0 Å². The van der Waals surface area contributed by atoms with Crippen LogP contribution < -0.4 is 25.4 Å². The fourth-order valence-corrected chi connectivity index (χ4v) is 2.71. The molecule has 0 bridgehead atoms. The first-order valence-electron chi connectivity index (χ1n) is 8.90. The summed E-state index contributed by atoms with van der Waals surface area (Å²) in [6, 6.07) is 12.4. The third-order valence-electron chi connectivity index (χ3n) is 4.30. The number of hydrogen-bond acceptors (Lipinski definition) is 4. The summed E-state index contributed by atoms with van der Waals surface area (Å²) in [4.78, 5) is 23.4. The first-order chi connectivity index (χ1) is 13.2. The Morgan fingerprint density at radius 3 is 2.18 bits per heavy atom. The molecule has 2 aromatic carbocycles. The van der Waals surface area contributed by atoms with Crippen molar-refractivity contribution in [3.8, 4) is 11.5 Å². The molecule has 7 nitrogen and oxygen atoms in total. The zero-order valence-electron chi connectivity index (χ0n) is 16.9. The van der Waals surface area contributed by atoms with Crippen molar-refractivity contribution < 1.29 is 19.1 Å². The predicted molar refractivity (Wildman–Crippen MR) is 110 cm³/mol. The largest absolute Gasteiger partial charge is 0.493 e. The second-order valence-corrected chi connectivity index (χ2v) is 7.02. The molecule has 0 unspecified atom stereocenters. The molecule has 0 radical (unpaired) electrons. The van der Waals surface area contributed by atoms with E-state index in [1.165, 1.54) is 6.92 Å². The summed E-state index contributed by atoms with van der Waals surface area (Å²) >= 11 is 0. The molecule has 0 aliphatic carbocycles. The van der Waals surface area contributed by atoms with E-state index in [1.54, 1.807) is 38.5 Å². The molecule has 0 heterocycles. The van der Waals surface area contributed by atoms with Gasteiger partial charge in [0.2, 0.25) is 5.91 Å². The average molecular weight is 385 g/mol. The van der Waals surface area contributed by atoms with Crippen molar-refractivity contribution in [2.45, 2.75) is 26.2 Å². The predicted octanol–water partition coefficient (Wildman–Crippen LogP) is 3.76. The number of methoxy groups -OCH3 is 2. The zero-order chi connectivity index (χ0) is 20.7. The van der Waals surface area contributed by atoms with Gasteiger partial charge >= 0.3 is 6.03 Å². The van der Waals surface area contributed by atoms with Crippen LogP contribution in [0.25, 0.3) is 0 Å². The highest BCUT2D eigenvalue weighted by Crippen LogP contribution is 2.32. The maximum Gasteiger partial charge on any atom is 0.319 e. The van der Waals surface area contributed by atoms with E-state index in [4.69, 9.17) is 9.47 Å². The highest BCUT2D eigenvalue weighted by atomic mass is 16.5. The molecule has 7 heteroatoms. The zero-order valence-corrected chi connectivity index (χ0v) is 16.9. The van der Waals surface area contributed by atoms with Gasteiger partial charge in [0.15, 0.2) is 11.5 Å². The molecule has 0 saturated carbocycles. The van der Waals surface area contributed by atoms with Gasteiger partial charge in [0, 0.05) is 30.3 Å². The summed E-state index contributed by atoms with van der Waals surface area (Å²) in [7, 11) is 3.19. The van der Waals surface area contributed by atoms with E-state index in [0.717, 1.165) is 5.56 Å². The Labute approximate surface area is 165 Å². The molecule has 28 heavy (non-hydrogen) atoms. The molecule has 0 saturated heterocycles. The lowest BCUT2D eigenvalue weighted by Gasteiger charge is -2.26. The van der Waals surface area contributed by atoms with Gasteiger partial charge in [-0.2, -0.15) is 0 Å². The first kappa shape index (κ1) is 21.1. The minimum Gasteiger partial charge on any atom is -0.493 e. The van der Waals surface area contributed by atoms with Crippen LogP contribution in [0.1, 0.15) is 26.3 Å². The number of ether oxygens (including phenoxy) is 2. The number of rotatable bonds is 7. The Hall–Kier alpha value is -3.22. The lowest BCUT2D eigenvalue weighted by molar-refractivity contribution is -0.114. The normalized spacial score (nSPS) is 10.8. The molecule has 0 aliphatic rings. The lowest BCUT2D eigenvalue weighted by Crippen LogP contribution is -2.39. The van der Waals surface area contributed by atoms with Gasteiger partial charge < -0.3 is 25.4 Å². The van der Waals surface area contributed by atoms with Crippen molar-refractivity contribution in [2.24, 2.45) is 0 Å². The van der Waals surface area contributed by atoms with Crippen LogP contribution in [0.2, 0.25) is 0 Å². The molecule has 0 aliphatic heterocycles. The van der Waals surface area contributed by atoms with Gasteiger partial charge in [0.25, 0.3) is 0 Å². The number of anilines is 2. The Morgan fingerprint density at radius 1 is 0.929 bits per heavy atom. The Bertz CT molecular complexity index is 849. The van der Waals surface area contributed by atoms with Gasteiger partial charge in [-0.25, -0.2) is 4.79 Å². The van der Waals surface area contributed by atoms with Crippen LogP contribution in [0, 0.1) is 0 Å². The van der Waals surface area contributed by atoms with Gasteiger partial charge in [0.1, 0.15) is 0 Å². The van der Waals surface area contributed by atoms with E-state index in [2.05, 4.69) is 16.0 Å². The topological polar surface area (TPSA) is 88.7 Å². The SMILES string of the molecule is COc1ccc(C(C)(C)CNC(=O)Nc2cccc(NC(C)=O)c2)cc1OC. The van der Waals surface area contributed by atoms with Crippen molar-refractivity contribution in [2.75, 3.05) is 31.4 Å². The van der Waals surface area contributed by atoms with Gasteiger partial charge in [-0.3, -0.25) is 4.79 Å². The highest BCUT2D eigenvalue weighted by Gasteiger charge is 2.23. The van der Waals surface area contributed by atoms with E-state index in [9.17, 15) is 9.59 Å². The number of urea groups is 1. The maximum absolute atomic E-state index is 12.3.